The third kappa shape index (κ3) is 5.24. The van der Waals surface area contributed by atoms with Crippen LogP contribution in [0.3, 0.4) is 0 Å². The number of Topliss-reactive ketones (excluding diaryl/α,β-unsaturated/α-hetero) is 1. The van der Waals surface area contributed by atoms with Crippen molar-refractivity contribution in [1.82, 2.24) is 4.90 Å². The van der Waals surface area contributed by atoms with Gasteiger partial charge in [-0.1, -0.05) is 72.8 Å². The summed E-state index contributed by atoms with van der Waals surface area (Å²) in [5.74, 6) is 0.145. The summed E-state index contributed by atoms with van der Waals surface area (Å²) in [7, 11) is 0. The Morgan fingerprint density at radius 3 is 2.47 bits per heavy atom. The van der Waals surface area contributed by atoms with Gasteiger partial charge in [0.15, 0.2) is 5.78 Å². The van der Waals surface area contributed by atoms with Gasteiger partial charge in [0.25, 0.3) is 0 Å². The first-order valence-corrected chi connectivity index (χ1v) is 10.8. The summed E-state index contributed by atoms with van der Waals surface area (Å²) < 4.78 is 0. The van der Waals surface area contributed by atoms with Crippen LogP contribution in [-0.2, 0) is 13.0 Å². The summed E-state index contributed by atoms with van der Waals surface area (Å²) >= 11 is 0. The maximum atomic E-state index is 12.6. The van der Waals surface area contributed by atoms with E-state index in [1.54, 1.807) is 0 Å². The standard InChI is InChI=1S/C27H29NO2/c29-26(20-28-17-16-22-10-4-5-11-25(22)19-28)14-7-15-27(30)24-13-6-12-23(18-24)21-8-2-1-3-9-21/h1-6,8-13,18,26,29H,7,14-17,19-20H2. The van der Waals surface area contributed by atoms with Gasteiger partial charge in [0.05, 0.1) is 6.10 Å². The normalized spacial score (nSPS) is 14.8. The van der Waals surface area contributed by atoms with E-state index in [4.69, 9.17) is 0 Å². The van der Waals surface area contributed by atoms with Crippen molar-refractivity contribution in [3.8, 4) is 11.1 Å². The van der Waals surface area contributed by atoms with Gasteiger partial charge in [0.1, 0.15) is 0 Å². The molecular weight excluding hydrogens is 370 g/mol. The van der Waals surface area contributed by atoms with Crippen LogP contribution in [0.15, 0.2) is 78.9 Å². The van der Waals surface area contributed by atoms with Crippen molar-refractivity contribution < 1.29 is 9.90 Å². The first kappa shape index (κ1) is 20.5. The highest BCUT2D eigenvalue weighted by Crippen LogP contribution is 2.22. The molecule has 154 valence electrons. The Bertz CT molecular complexity index is 983. The fourth-order valence-electron chi connectivity index (χ4n) is 4.24. The SMILES string of the molecule is O=C(CCCC(O)CN1CCc2ccccc2C1)c1cccc(-c2ccccc2)c1. The lowest BCUT2D eigenvalue weighted by Crippen LogP contribution is -2.36. The topological polar surface area (TPSA) is 40.5 Å². The molecule has 0 spiro atoms. The Labute approximate surface area is 179 Å². The lowest BCUT2D eigenvalue weighted by molar-refractivity contribution is 0.0901. The predicted molar refractivity (Wildman–Crippen MR) is 121 cm³/mol. The predicted octanol–water partition coefficient (Wildman–Crippen LogP) is 5.13. The molecule has 0 saturated carbocycles. The zero-order valence-electron chi connectivity index (χ0n) is 17.3. The third-order valence-corrected chi connectivity index (χ3v) is 5.91. The van der Waals surface area contributed by atoms with Crippen molar-refractivity contribution >= 4 is 5.78 Å². The Balaban J connectivity index is 1.25. The molecule has 3 aromatic carbocycles. The first-order chi connectivity index (χ1) is 14.7. The van der Waals surface area contributed by atoms with Crippen LogP contribution >= 0.6 is 0 Å². The lowest BCUT2D eigenvalue weighted by atomic mass is 9.98. The second-order valence-corrected chi connectivity index (χ2v) is 8.17. The summed E-state index contributed by atoms with van der Waals surface area (Å²) in [5.41, 5.74) is 5.71. The minimum absolute atomic E-state index is 0.145. The summed E-state index contributed by atoms with van der Waals surface area (Å²) in [6.45, 7) is 2.56. The van der Waals surface area contributed by atoms with E-state index in [9.17, 15) is 9.90 Å². The molecule has 1 aliphatic rings. The Morgan fingerprint density at radius 2 is 1.63 bits per heavy atom. The van der Waals surface area contributed by atoms with Crippen LogP contribution in [0.1, 0.15) is 40.7 Å². The molecule has 3 nitrogen and oxygen atoms in total. The highest BCUT2D eigenvalue weighted by molar-refractivity contribution is 5.97. The van der Waals surface area contributed by atoms with Crippen LogP contribution in [0.4, 0.5) is 0 Å². The lowest BCUT2D eigenvalue weighted by Gasteiger charge is -2.30. The summed E-state index contributed by atoms with van der Waals surface area (Å²) in [4.78, 5) is 15.0. The zero-order valence-corrected chi connectivity index (χ0v) is 17.3. The molecule has 0 saturated heterocycles. The highest BCUT2D eigenvalue weighted by atomic mass is 16.3. The van der Waals surface area contributed by atoms with Crippen LogP contribution in [0, 0.1) is 0 Å². The molecule has 1 N–H and O–H groups in total. The van der Waals surface area contributed by atoms with E-state index in [2.05, 4.69) is 41.3 Å². The van der Waals surface area contributed by atoms with Gasteiger partial charge in [-0.2, -0.15) is 0 Å². The van der Waals surface area contributed by atoms with Crippen LogP contribution in [0.25, 0.3) is 11.1 Å². The van der Waals surface area contributed by atoms with Gasteiger partial charge in [0.2, 0.25) is 0 Å². The molecule has 0 bridgehead atoms. The van der Waals surface area contributed by atoms with E-state index in [1.165, 1.54) is 11.1 Å². The van der Waals surface area contributed by atoms with Crippen LogP contribution < -0.4 is 0 Å². The quantitative estimate of drug-likeness (QED) is 0.534. The van der Waals surface area contributed by atoms with E-state index < -0.39 is 6.10 Å². The Morgan fingerprint density at radius 1 is 0.900 bits per heavy atom. The van der Waals surface area contributed by atoms with Gasteiger partial charge in [0, 0.05) is 31.6 Å². The molecule has 1 unspecified atom stereocenters. The number of benzene rings is 3. The Hall–Kier alpha value is -2.75. The molecule has 1 atom stereocenters. The van der Waals surface area contributed by atoms with Gasteiger partial charge < -0.3 is 5.11 Å². The fraction of sp³-hybridized carbons (Fsp3) is 0.296. The van der Waals surface area contributed by atoms with E-state index in [0.29, 0.717) is 25.8 Å². The number of carbonyl (C=O) groups excluding carboxylic acids is 1. The number of rotatable bonds is 8. The molecule has 30 heavy (non-hydrogen) atoms. The van der Waals surface area contributed by atoms with Crippen molar-refractivity contribution in [2.75, 3.05) is 13.1 Å². The van der Waals surface area contributed by atoms with Crippen molar-refractivity contribution in [3.05, 3.63) is 95.6 Å². The number of carbonyl (C=O) groups is 1. The van der Waals surface area contributed by atoms with E-state index in [-0.39, 0.29) is 5.78 Å². The van der Waals surface area contributed by atoms with Crippen molar-refractivity contribution in [2.24, 2.45) is 0 Å². The molecule has 3 aromatic rings. The Kier molecular flexibility index (Phi) is 6.73. The fourth-order valence-corrected chi connectivity index (χ4v) is 4.24. The number of nitrogens with zero attached hydrogens (tertiary/aromatic N) is 1. The van der Waals surface area contributed by atoms with Crippen LogP contribution in [-0.4, -0.2) is 35.0 Å². The molecule has 0 radical (unpaired) electrons. The molecule has 3 heteroatoms. The van der Waals surface area contributed by atoms with Gasteiger partial charge in [-0.3, -0.25) is 9.69 Å². The number of aliphatic hydroxyl groups excluding tert-OH is 1. The second kappa shape index (κ2) is 9.84. The van der Waals surface area contributed by atoms with Crippen molar-refractivity contribution in [1.29, 1.82) is 0 Å². The molecule has 0 aliphatic carbocycles. The maximum absolute atomic E-state index is 12.6. The van der Waals surface area contributed by atoms with Gasteiger partial charge in [-0.05, 0) is 47.6 Å². The molecule has 0 amide bonds. The average molecular weight is 400 g/mol. The summed E-state index contributed by atoms with van der Waals surface area (Å²) in [5, 5.41) is 10.5. The largest absolute Gasteiger partial charge is 0.392 e. The number of β-amino-alcohol motifs (C(OH)–C–C–N with tert-alkyl or cyclic N) is 1. The van der Waals surface area contributed by atoms with E-state index >= 15 is 0 Å². The molecule has 0 aromatic heterocycles. The highest BCUT2D eigenvalue weighted by Gasteiger charge is 2.18. The minimum atomic E-state index is -0.390. The third-order valence-electron chi connectivity index (χ3n) is 5.91. The van der Waals surface area contributed by atoms with Gasteiger partial charge in [-0.25, -0.2) is 0 Å². The van der Waals surface area contributed by atoms with Crippen molar-refractivity contribution in [2.45, 2.75) is 38.3 Å². The monoisotopic (exact) mass is 399 g/mol. The van der Waals surface area contributed by atoms with Gasteiger partial charge in [-0.15, -0.1) is 0 Å². The van der Waals surface area contributed by atoms with Crippen molar-refractivity contribution in [3.63, 3.8) is 0 Å². The number of aliphatic hydroxyl groups is 1. The number of ketones is 1. The van der Waals surface area contributed by atoms with E-state index in [1.807, 2.05) is 42.5 Å². The summed E-state index contributed by atoms with van der Waals surface area (Å²) in [6.07, 6.45) is 2.48. The average Bonchev–Trinajstić information content (AvgIpc) is 2.79. The summed E-state index contributed by atoms with van der Waals surface area (Å²) in [6, 6.07) is 26.5. The molecule has 1 heterocycles. The van der Waals surface area contributed by atoms with Gasteiger partial charge >= 0.3 is 0 Å². The zero-order chi connectivity index (χ0) is 20.8. The number of fused-ring (bicyclic) bond motifs is 1. The molecule has 0 fully saturated rings. The van der Waals surface area contributed by atoms with Crippen LogP contribution in [0.2, 0.25) is 0 Å². The number of hydrogen-bond acceptors (Lipinski definition) is 3. The maximum Gasteiger partial charge on any atom is 0.162 e. The smallest absolute Gasteiger partial charge is 0.162 e. The first-order valence-electron chi connectivity index (χ1n) is 10.8. The number of hydrogen-bond donors (Lipinski definition) is 1. The second-order valence-electron chi connectivity index (χ2n) is 8.17. The van der Waals surface area contributed by atoms with E-state index in [0.717, 1.165) is 36.2 Å². The van der Waals surface area contributed by atoms with Crippen LogP contribution in [0.5, 0.6) is 0 Å². The molecule has 4 rings (SSSR count). The minimum Gasteiger partial charge on any atom is -0.392 e. The molecular formula is C27H29NO2. The molecule has 1 aliphatic heterocycles.